The topological polar surface area (TPSA) is 96.4 Å². The van der Waals surface area contributed by atoms with Crippen LogP contribution in [0.1, 0.15) is 25.0 Å². The summed E-state index contributed by atoms with van der Waals surface area (Å²) in [5, 5.41) is 8.57. The van der Waals surface area contributed by atoms with Crippen molar-refractivity contribution in [1.82, 2.24) is 4.98 Å². The van der Waals surface area contributed by atoms with Crippen LogP contribution in [0, 0.1) is 0 Å². The molecular weight excluding hydrogens is 316 g/mol. The van der Waals surface area contributed by atoms with Crippen LogP contribution in [0.2, 0.25) is 0 Å². The van der Waals surface area contributed by atoms with Crippen molar-refractivity contribution in [3.05, 3.63) is 54.4 Å². The molecule has 0 aliphatic carbocycles. The molecule has 1 aromatic heterocycles. The predicted molar refractivity (Wildman–Crippen MR) is 86.7 cm³/mol. The van der Waals surface area contributed by atoms with Gasteiger partial charge in [-0.2, -0.15) is 0 Å². The standard InChI is InChI=1S/C16H18N2O4S/c19-16(20)9-5-4-6-13-10-11-14(12-17-13)18-23(21,22)15-7-2-1-3-8-15/h1-3,7-8,10-12,18H,4-6,9H2,(H,19,20). The third-order valence-corrected chi connectivity index (χ3v) is 4.60. The van der Waals surface area contributed by atoms with Crippen molar-refractivity contribution in [3.8, 4) is 0 Å². The van der Waals surface area contributed by atoms with Gasteiger partial charge in [-0.15, -0.1) is 0 Å². The Morgan fingerprint density at radius 3 is 2.43 bits per heavy atom. The summed E-state index contributed by atoms with van der Waals surface area (Å²) in [4.78, 5) is 14.8. The first-order valence-electron chi connectivity index (χ1n) is 7.22. The van der Waals surface area contributed by atoms with E-state index in [9.17, 15) is 13.2 Å². The van der Waals surface area contributed by atoms with E-state index in [4.69, 9.17) is 5.11 Å². The van der Waals surface area contributed by atoms with Crippen LogP contribution in [-0.2, 0) is 21.2 Å². The quantitative estimate of drug-likeness (QED) is 0.724. The first-order valence-corrected chi connectivity index (χ1v) is 8.70. The Hall–Kier alpha value is -2.41. The van der Waals surface area contributed by atoms with E-state index in [1.54, 1.807) is 30.3 Å². The minimum atomic E-state index is -3.61. The van der Waals surface area contributed by atoms with Gasteiger partial charge in [-0.05, 0) is 43.5 Å². The normalized spacial score (nSPS) is 11.1. The molecule has 0 saturated carbocycles. The van der Waals surface area contributed by atoms with E-state index in [2.05, 4.69) is 9.71 Å². The summed E-state index contributed by atoms with van der Waals surface area (Å²) in [5.41, 5.74) is 1.20. The highest BCUT2D eigenvalue weighted by atomic mass is 32.2. The van der Waals surface area contributed by atoms with E-state index in [1.165, 1.54) is 18.3 Å². The summed E-state index contributed by atoms with van der Waals surface area (Å²) in [6, 6.07) is 11.5. The van der Waals surface area contributed by atoms with E-state index in [0.29, 0.717) is 18.5 Å². The smallest absolute Gasteiger partial charge is 0.303 e. The molecule has 0 amide bonds. The van der Waals surface area contributed by atoms with Crippen molar-refractivity contribution in [2.75, 3.05) is 4.72 Å². The number of sulfonamides is 1. The van der Waals surface area contributed by atoms with Gasteiger partial charge in [0.05, 0.1) is 16.8 Å². The van der Waals surface area contributed by atoms with Gasteiger partial charge in [-0.1, -0.05) is 18.2 Å². The first kappa shape index (κ1) is 17.0. The molecule has 0 fully saturated rings. The number of benzene rings is 1. The fourth-order valence-electron chi connectivity index (χ4n) is 2.03. The van der Waals surface area contributed by atoms with Crippen LogP contribution in [0.25, 0.3) is 0 Å². The number of hydrogen-bond acceptors (Lipinski definition) is 4. The lowest BCUT2D eigenvalue weighted by Crippen LogP contribution is -2.13. The van der Waals surface area contributed by atoms with Crippen molar-refractivity contribution in [1.29, 1.82) is 0 Å². The molecule has 1 aromatic carbocycles. The minimum absolute atomic E-state index is 0.148. The van der Waals surface area contributed by atoms with Gasteiger partial charge < -0.3 is 5.11 Å². The Morgan fingerprint density at radius 2 is 1.83 bits per heavy atom. The molecule has 122 valence electrons. The van der Waals surface area contributed by atoms with Crippen LogP contribution in [0.4, 0.5) is 5.69 Å². The number of aryl methyl sites for hydroxylation is 1. The van der Waals surface area contributed by atoms with Crippen LogP contribution >= 0.6 is 0 Å². The lowest BCUT2D eigenvalue weighted by molar-refractivity contribution is -0.137. The lowest BCUT2D eigenvalue weighted by atomic mass is 10.1. The number of aromatic nitrogens is 1. The zero-order valence-electron chi connectivity index (χ0n) is 12.5. The van der Waals surface area contributed by atoms with E-state index in [1.807, 2.05) is 0 Å². The molecule has 0 atom stereocenters. The molecule has 7 heteroatoms. The number of pyridine rings is 1. The van der Waals surface area contributed by atoms with Crippen LogP contribution < -0.4 is 4.72 Å². The Kier molecular flexibility index (Phi) is 5.70. The highest BCUT2D eigenvalue weighted by molar-refractivity contribution is 7.92. The zero-order valence-corrected chi connectivity index (χ0v) is 13.3. The number of nitrogens with zero attached hydrogens (tertiary/aromatic N) is 1. The molecule has 0 unspecified atom stereocenters. The summed E-state index contributed by atoms with van der Waals surface area (Å²) in [6.07, 6.45) is 3.61. The number of carboxylic acids is 1. The lowest BCUT2D eigenvalue weighted by Gasteiger charge is -2.08. The van der Waals surface area contributed by atoms with Crippen LogP contribution in [-0.4, -0.2) is 24.5 Å². The van der Waals surface area contributed by atoms with Gasteiger partial charge in [-0.3, -0.25) is 14.5 Å². The maximum Gasteiger partial charge on any atom is 0.303 e. The van der Waals surface area contributed by atoms with Gasteiger partial charge in [0.2, 0.25) is 0 Å². The van der Waals surface area contributed by atoms with Crippen LogP contribution in [0.15, 0.2) is 53.6 Å². The summed E-state index contributed by atoms with van der Waals surface area (Å²) < 4.78 is 26.8. The third-order valence-electron chi connectivity index (χ3n) is 3.20. The van der Waals surface area contributed by atoms with Crippen molar-refractivity contribution in [2.45, 2.75) is 30.6 Å². The highest BCUT2D eigenvalue weighted by Crippen LogP contribution is 2.15. The van der Waals surface area contributed by atoms with Gasteiger partial charge in [0.25, 0.3) is 10.0 Å². The number of carbonyl (C=O) groups is 1. The second kappa shape index (κ2) is 7.73. The monoisotopic (exact) mass is 334 g/mol. The highest BCUT2D eigenvalue weighted by Gasteiger charge is 2.13. The zero-order chi connectivity index (χ0) is 16.7. The summed E-state index contributed by atoms with van der Waals surface area (Å²) >= 11 is 0. The molecular formula is C16H18N2O4S. The Bertz CT molecular complexity index is 743. The molecule has 2 rings (SSSR count). The Morgan fingerprint density at radius 1 is 1.09 bits per heavy atom. The van der Waals surface area contributed by atoms with Crippen molar-refractivity contribution in [2.24, 2.45) is 0 Å². The molecule has 0 bridgehead atoms. The Labute approximate surface area is 135 Å². The maximum absolute atomic E-state index is 12.2. The molecule has 0 aliphatic heterocycles. The van der Waals surface area contributed by atoms with Gasteiger partial charge in [0.1, 0.15) is 0 Å². The molecule has 0 spiro atoms. The number of carboxylic acid groups (broad SMARTS) is 1. The van der Waals surface area contributed by atoms with Crippen molar-refractivity contribution < 1.29 is 18.3 Å². The molecule has 1 heterocycles. The third kappa shape index (κ3) is 5.37. The Balaban J connectivity index is 1.93. The summed E-state index contributed by atoms with van der Waals surface area (Å²) in [6.45, 7) is 0. The average Bonchev–Trinajstić information content (AvgIpc) is 2.53. The van der Waals surface area contributed by atoms with E-state index < -0.39 is 16.0 Å². The molecule has 2 N–H and O–H groups in total. The fraction of sp³-hybridized carbons (Fsp3) is 0.250. The molecule has 23 heavy (non-hydrogen) atoms. The largest absolute Gasteiger partial charge is 0.481 e. The summed E-state index contributed by atoms with van der Waals surface area (Å²) in [7, 11) is -3.61. The number of nitrogens with one attached hydrogen (secondary N) is 1. The van der Waals surface area contributed by atoms with Crippen LogP contribution in [0.3, 0.4) is 0 Å². The number of rotatable bonds is 8. The maximum atomic E-state index is 12.2. The number of hydrogen-bond donors (Lipinski definition) is 2. The average molecular weight is 334 g/mol. The summed E-state index contributed by atoms with van der Waals surface area (Å²) in [5.74, 6) is -0.802. The van der Waals surface area contributed by atoms with Gasteiger partial charge in [0, 0.05) is 12.1 Å². The van der Waals surface area contributed by atoms with E-state index in [-0.39, 0.29) is 11.3 Å². The molecule has 2 aromatic rings. The SMILES string of the molecule is O=C(O)CCCCc1ccc(NS(=O)(=O)c2ccccc2)cn1. The van der Waals surface area contributed by atoms with E-state index >= 15 is 0 Å². The minimum Gasteiger partial charge on any atom is -0.481 e. The molecule has 6 nitrogen and oxygen atoms in total. The molecule has 0 radical (unpaired) electrons. The van der Waals surface area contributed by atoms with Crippen molar-refractivity contribution >= 4 is 21.7 Å². The second-order valence-corrected chi connectivity index (χ2v) is 6.74. The predicted octanol–water partition coefficient (Wildman–Crippen LogP) is 2.68. The van der Waals surface area contributed by atoms with Gasteiger partial charge in [-0.25, -0.2) is 8.42 Å². The fourth-order valence-corrected chi connectivity index (χ4v) is 3.09. The second-order valence-electron chi connectivity index (χ2n) is 5.06. The van der Waals surface area contributed by atoms with E-state index in [0.717, 1.165) is 12.1 Å². The number of unbranched alkanes of at least 4 members (excludes halogenated alkanes) is 1. The van der Waals surface area contributed by atoms with Gasteiger partial charge in [0.15, 0.2) is 0 Å². The first-order chi connectivity index (χ1) is 11.0. The van der Waals surface area contributed by atoms with Crippen molar-refractivity contribution in [3.63, 3.8) is 0 Å². The molecule has 0 aliphatic rings. The molecule has 0 saturated heterocycles. The van der Waals surface area contributed by atoms with Crippen LogP contribution in [0.5, 0.6) is 0 Å². The number of anilines is 1. The number of aliphatic carboxylic acids is 1. The van der Waals surface area contributed by atoms with Gasteiger partial charge >= 0.3 is 5.97 Å².